The molecule has 0 saturated heterocycles. The van der Waals surface area contributed by atoms with E-state index in [-0.39, 0.29) is 28.5 Å². The average Bonchev–Trinajstić information content (AvgIpc) is 3.20. The van der Waals surface area contributed by atoms with Gasteiger partial charge in [0.2, 0.25) is 0 Å². The summed E-state index contributed by atoms with van der Waals surface area (Å²) in [6.07, 6.45) is 11.5. The van der Waals surface area contributed by atoms with Gasteiger partial charge < -0.3 is 0 Å². The summed E-state index contributed by atoms with van der Waals surface area (Å²) < 4.78 is 0. The lowest BCUT2D eigenvalue weighted by molar-refractivity contribution is 0.0958. The number of Topliss-reactive ketones (excluding diaryl/α,β-unsaturated/α-hetero) is 2. The van der Waals surface area contributed by atoms with Gasteiger partial charge in [-0.15, -0.1) is 0 Å². The number of hydrogen-bond acceptors (Lipinski definition) is 4. The quantitative estimate of drug-likeness (QED) is 0.0627. The van der Waals surface area contributed by atoms with Crippen LogP contribution in [0.4, 0.5) is 0 Å². The predicted molar refractivity (Wildman–Crippen MR) is 234 cm³/mol. The molecule has 0 radical (unpaired) electrons. The maximum Gasteiger partial charge on any atom is 0.193 e. The van der Waals surface area contributed by atoms with E-state index in [1.807, 2.05) is 74.5 Å². The maximum absolute atomic E-state index is 13.4. The fraction of sp³-hybridized carbons (Fsp3) is 0.462. The first kappa shape index (κ1) is 45.9. The Bertz CT molecular complexity index is 1770. The summed E-state index contributed by atoms with van der Waals surface area (Å²) in [5, 5.41) is 0. The second kappa shape index (κ2) is 23.0. The summed E-state index contributed by atoms with van der Waals surface area (Å²) in [5.74, 6) is 1.03. The van der Waals surface area contributed by atoms with Crippen LogP contribution in [-0.2, 0) is 0 Å². The standard InChI is InChI=1S/C50H62O4.C2H6/c1-49(2,3)35-14-13-15-37(22-32-45(51)39-24-28-43(29-25-39)47(53)41-16-9-7-10-17-41)20-21-38(34-36-50(4,5)6)23-33-46(52)40-26-30-44(31-27-40)48(54)42-18-11-8-12-19-42;1-2/h7-12,16-19,24-31,37-38H,13-15,20-23,32-36H2,1-6H3;1-2H3. The Morgan fingerprint density at radius 1 is 0.393 bits per heavy atom. The Morgan fingerprint density at radius 3 is 1.11 bits per heavy atom. The maximum atomic E-state index is 13.4. The summed E-state index contributed by atoms with van der Waals surface area (Å²) in [4.78, 5) is 52.6. The van der Waals surface area contributed by atoms with Crippen LogP contribution < -0.4 is 0 Å². The van der Waals surface area contributed by atoms with Crippen LogP contribution in [-0.4, -0.2) is 23.1 Å². The molecule has 0 heterocycles. The second-order valence-corrected chi connectivity index (χ2v) is 17.7. The molecule has 0 N–H and O–H groups in total. The van der Waals surface area contributed by atoms with Crippen molar-refractivity contribution in [1.82, 2.24) is 0 Å². The van der Waals surface area contributed by atoms with Crippen molar-refractivity contribution in [3.8, 4) is 0 Å². The lowest BCUT2D eigenvalue weighted by Crippen LogP contribution is -2.14. The lowest BCUT2D eigenvalue weighted by atomic mass is 9.80. The normalized spacial score (nSPS) is 12.6. The molecule has 4 aromatic carbocycles. The molecule has 4 nitrogen and oxygen atoms in total. The predicted octanol–water partition coefficient (Wildman–Crippen LogP) is 14.2. The molecule has 300 valence electrons. The Morgan fingerprint density at radius 2 is 0.732 bits per heavy atom. The van der Waals surface area contributed by atoms with Crippen molar-refractivity contribution in [1.29, 1.82) is 0 Å². The number of benzene rings is 4. The topological polar surface area (TPSA) is 68.3 Å². The molecule has 0 aromatic heterocycles. The minimum Gasteiger partial charge on any atom is -0.294 e. The van der Waals surface area contributed by atoms with Crippen molar-refractivity contribution in [2.24, 2.45) is 22.7 Å². The Balaban J connectivity index is 0.00000414. The third kappa shape index (κ3) is 16.3. The van der Waals surface area contributed by atoms with Crippen molar-refractivity contribution < 1.29 is 19.2 Å². The number of carbonyl (C=O) groups is 4. The largest absolute Gasteiger partial charge is 0.294 e. The van der Waals surface area contributed by atoms with Crippen LogP contribution in [0.5, 0.6) is 0 Å². The van der Waals surface area contributed by atoms with E-state index in [1.165, 1.54) is 12.8 Å². The van der Waals surface area contributed by atoms with E-state index in [0.29, 0.717) is 63.5 Å². The molecule has 4 aromatic rings. The molecule has 0 fully saturated rings. The Hall–Kier alpha value is -4.44. The van der Waals surface area contributed by atoms with Crippen LogP contribution in [0, 0.1) is 22.7 Å². The lowest BCUT2D eigenvalue weighted by Gasteiger charge is -2.25. The van der Waals surface area contributed by atoms with Crippen molar-refractivity contribution >= 4 is 23.1 Å². The van der Waals surface area contributed by atoms with Gasteiger partial charge in [-0.1, -0.05) is 197 Å². The van der Waals surface area contributed by atoms with Gasteiger partial charge in [0.1, 0.15) is 0 Å². The molecular formula is C52H68O4. The van der Waals surface area contributed by atoms with E-state index in [9.17, 15) is 19.2 Å². The van der Waals surface area contributed by atoms with E-state index in [4.69, 9.17) is 0 Å². The SMILES string of the molecule is CC.CC(C)(C)CCCCC(CCC(=O)c1ccc(C(=O)c2ccccc2)cc1)CCC(CCC(=O)c1ccc(C(=O)c2ccccc2)cc1)CCC(C)(C)C. The van der Waals surface area contributed by atoms with E-state index < -0.39 is 0 Å². The van der Waals surface area contributed by atoms with Gasteiger partial charge in [-0.05, 0) is 54.8 Å². The second-order valence-electron chi connectivity index (χ2n) is 17.7. The number of hydrogen-bond donors (Lipinski definition) is 0. The summed E-state index contributed by atoms with van der Waals surface area (Å²) in [5.41, 5.74) is 4.29. The van der Waals surface area contributed by atoms with E-state index in [0.717, 1.165) is 51.4 Å². The summed E-state index contributed by atoms with van der Waals surface area (Å²) >= 11 is 0. The molecule has 56 heavy (non-hydrogen) atoms. The third-order valence-corrected chi connectivity index (χ3v) is 10.6. The van der Waals surface area contributed by atoms with E-state index in [2.05, 4.69) is 41.5 Å². The summed E-state index contributed by atoms with van der Waals surface area (Å²) in [6, 6.07) is 32.7. The van der Waals surface area contributed by atoms with Gasteiger partial charge in [0.15, 0.2) is 23.1 Å². The first-order chi connectivity index (χ1) is 26.7. The zero-order chi connectivity index (χ0) is 41.1. The molecule has 0 amide bonds. The highest BCUT2D eigenvalue weighted by Gasteiger charge is 2.21. The summed E-state index contributed by atoms with van der Waals surface area (Å²) in [7, 11) is 0. The molecule has 0 aliphatic carbocycles. The van der Waals surface area contributed by atoms with Gasteiger partial charge in [-0.3, -0.25) is 19.2 Å². The van der Waals surface area contributed by atoms with Crippen molar-refractivity contribution in [2.75, 3.05) is 0 Å². The van der Waals surface area contributed by atoms with Crippen molar-refractivity contribution in [3.05, 3.63) is 143 Å². The first-order valence-electron chi connectivity index (χ1n) is 21.1. The average molecular weight is 757 g/mol. The zero-order valence-electron chi connectivity index (χ0n) is 35.7. The van der Waals surface area contributed by atoms with Gasteiger partial charge in [0.25, 0.3) is 0 Å². The van der Waals surface area contributed by atoms with Crippen LogP contribution in [0.1, 0.15) is 185 Å². The van der Waals surface area contributed by atoms with Crippen LogP contribution in [0.3, 0.4) is 0 Å². The highest BCUT2D eigenvalue weighted by Crippen LogP contribution is 2.33. The van der Waals surface area contributed by atoms with E-state index >= 15 is 0 Å². The molecule has 4 rings (SSSR count). The van der Waals surface area contributed by atoms with Crippen LogP contribution in [0.2, 0.25) is 0 Å². The van der Waals surface area contributed by atoms with Gasteiger partial charge in [-0.2, -0.15) is 0 Å². The van der Waals surface area contributed by atoms with Gasteiger partial charge in [0, 0.05) is 46.2 Å². The summed E-state index contributed by atoms with van der Waals surface area (Å²) in [6.45, 7) is 17.7. The first-order valence-corrected chi connectivity index (χ1v) is 21.1. The van der Waals surface area contributed by atoms with Crippen molar-refractivity contribution in [2.45, 2.75) is 132 Å². The van der Waals surface area contributed by atoms with Crippen LogP contribution in [0.25, 0.3) is 0 Å². The van der Waals surface area contributed by atoms with Crippen LogP contribution >= 0.6 is 0 Å². The molecule has 0 aliphatic heterocycles. The molecule has 0 bridgehead atoms. The molecule has 2 atom stereocenters. The molecule has 4 heteroatoms. The highest BCUT2D eigenvalue weighted by atomic mass is 16.1. The molecular weight excluding hydrogens is 689 g/mol. The zero-order valence-corrected chi connectivity index (χ0v) is 35.7. The number of ketones is 4. The minimum absolute atomic E-state index is 0.0409. The Kier molecular flexibility index (Phi) is 18.8. The molecule has 2 unspecified atom stereocenters. The fourth-order valence-electron chi connectivity index (χ4n) is 7.15. The monoisotopic (exact) mass is 757 g/mol. The number of carbonyl (C=O) groups excluding carboxylic acids is 4. The molecule has 0 spiro atoms. The van der Waals surface area contributed by atoms with Gasteiger partial charge in [0.05, 0.1) is 0 Å². The number of unbranched alkanes of at least 4 members (excludes halogenated alkanes) is 1. The number of rotatable bonds is 21. The van der Waals surface area contributed by atoms with Crippen molar-refractivity contribution in [3.63, 3.8) is 0 Å². The van der Waals surface area contributed by atoms with Gasteiger partial charge >= 0.3 is 0 Å². The Labute approximate surface area is 338 Å². The highest BCUT2D eigenvalue weighted by molar-refractivity contribution is 6.10. The third-order valence-electron chi connectivity index (χ3n) is 10.6. The van der Waals surface area contributed by atoms with Gasteiger partial charge in [-0.25, -0.2) is 0 Å². The van der Waals surface area contributed by atoms with E-state index in [1.54, 1.807) is 48.5 Å². The molecule has 0 saturated carbocycles. The van der Waals surface area contributed by atoms with Crippen LogP contribution in [0.15, 0.2) is 109 Å². The fourth-order valence-corrected chi connectivity index (χ4v) is 7.15. The minimum atomic E-state index is -0.0419. The smallest absolute Gasteiger partial charge is 0.193 e. The molecule has 0 aliphatic rings.